The van der Waals surface area contributed by atoms with Gasteiger partial charge in [-0.3, -0.25) is 0 Å². The third-order valence-corrected chi connectivity index (χ3v) is 7.16. The summed E-state index contributed by atoms with van der Waals surface area (Å²) in [6.45, 7) is 0. The van der Waals surface area contributed by atoms with Crippen LogP contribution in [0.5, 0.6) is 0 Å². The normalized spacial score (nSPS) is 17.9. The van der Waals surface area contributed by atoms with E-state index in [-0.39, 0.29) is 20.9 Å². The van der Waals surface area contributed by atoms with Crippen LogP contribution in [0.2, 0.25) is 5.32 Å². The zero-order chi connectivity index (χ0) is 19.3. The first-order valence-corrected chi connectivity index (χ1v) is 10.7. The van der Waals surface area contributed by atoms with Crippen molar-refractivity contribution < 1.29 is 19.1 Å². The summed E-state index contributed by atoms with van der Waals surface area (Å²) in [7, 11) is 2.59. The molecule has 2 aromatic rings. The number of hydrogen-bond donors (Lipinski definition) is 0. The molecular weight excluding hydrogens is 409 g/mol. The van der Waals surface area contributed by atoms with Crippen molar-refractivity contribution in [3.63, 3.8) is 0 Å². The van der Waals surface area contributed by atoms with Gasteiger partial charge < -0.3 is 0 Å². The molecule has 140 valence electrons. The first-order valence-electron chi connectivity index (χ1n) is 8.58. The quantitative estimate of drug-likeness (QED) is 0.400. The first kappa shape index (κ1) is 19.3. The molecular formula is C21H21NO4Se. The minimum atomic E-state index is -1.40. The van der Waals surface area contributed by atoms with Gasteiger partial charge in [-0.05, 0) is 0 Å². The zero-order valence-corrected chi connectivity index (χ0v) is 17.0. The van der Waals surface area contributed by atoms with Crippen molar-refractivity contribution in [2.75, 3.05) is 14.2 Å². The predicted octanol–water partition coefficient (Wildman–Crippen LogP) is 2.27. The number of hydrogen-bond acceptors (Lipinski definition) is 5. The Morgan fingerprint density at radius 3 is 2.41 bits per heavy atom. The van der Waals surface area contributed by atoms with Crippen LogP contribution in [-0.4, -0.2) is 46.1 Å². The number of allylic oxidation sites excluding steroid dienone is 1. The van der Waals surface area contributed by atoms with Gasteiger partial charge in [-0.1, -0.05) is 0 Å². The second-order valence-electron chi connectivity index (χ2n) is 6.32. The van der Waals surface area contributed by atoms with Gasteiger partial charge in [0.25, 0.3) is 0 Å². The molecule has 1 aliphatic rings. The van der Waals surface area contributed by atoms with Gasteiger partial charge in [0.05, 0.1) is 0 Å². The molecule has 1 atom stereocenters. The fraction of sp³-hybridized carbons (Fsp3) is 0.286. The van der Waals surface area contributed by atoms with E-state index in [2.05, 4.69) is 17.1 Å². The SMILES string of the molecule is COC(=O)C1(C(=O)OC)C=C(c2cccnc2)C(C[Se]c2ccccc2)C1. The minimum absolute atomic E-state index is 0.0487. The van der Waals surface area contributed by atoms with Gasteiger partial charge >= 0.3 is 165 Å². The van der Waals surface area contributed by atoms with E-state index in [1.165, 1.54) is 18.7 Å². The fourth-order valence-electron chi connectivity index (χ4n) is 3.39. The van der Waals surface area contributed by atoms with Crippen LogP contribution < -0.4 is 4.46 Å². The van der Waals surface area contributed by atoms with Crippen molar-refractivity contribution in [2.24, 2.45) is 11.3 Å². The zero-order valence-electron chi connectivity index (χ0n) is 15.3. The molecule has 0 amide bonds. The van der Waals surface area contributed by atoms with Crippen LogP contribution in [0.3, 0.4) is 0 Å². The number of rotatable bonds is 6. The van der Waals surface area contributed by atoms with Gasteiger partial charge in [-0.25, -0.2) is 0 Å². The molecule has 1 aromatic heterocycles. The van der Waals surface area contributed by atoms with E-state index in [0.29, 0.717) is 6.42 Å². The Morgan fingerprint density at radius 2 is 1.81 bits per heavy atom. The molecule has 0 spiro atoms. The van der Waals surface area contributed by atoms with Crippen molar-refractivity contribution in [2.45, 2.75) is 11.7 Å². The summed E-state index contributed by atoms with van der Waals surface area (Å²) in [5.74, 6) is -1.11. The molecule has 5 nitrogen and oxygen atoms in total. The number of benzene rings is 1. The summed E-state index contributed by atoms with van der Waals surface area (Å²) in [6, 6.07) is 14.1. The molecule has 1 aliphatic carbocycles. The van der Waals surface area contributed by atoms with E-state index in [1.807, 2.05) is 30.3 Å². The Kier molecular flexibility index (Phi) is 6.09. The van der Waals surface area contributed by atoms with Gasteiger partial charge in [0.2, 0.25) is 0 Å². The second kappa shape index (κ2) is 8.51. The van der Waals surface area contributed by atoms with Crippen molar-refractivity contribution in [1.29, 1.82) is 0 Å². The number of aromatic nitrogens is 1. The molecule has 0 fully saturated rings. The molecule has 1 heterocycles. The predicted molar refractivity (Wildman–Crippen MR) is 103 cm³/mol. The molecule has 0 bridgehead atoms. The van der Waals surface area contributed by atoms with Crippen LogP contribution in [-0.2, 0) is 19.1 Å². The molecule has 27 heavy (non-hydrogen) atoms. The number of methoxy groups -OCH3 is 2. The van der Waals surface area contributed by atoms with Crippen molar-refractivity contribution in [3.8, 4) is 0 Å². The maximum atomic E-state index is 12.6. The summed E-state index contributed by atoms with van der Waals surface area (Å²) in [5, 5.41) is 0.869. The third-order valence-electron chi connectivity index (χ3n) is 4.70. The van der Waals surface area contributed by atoms with E-state index in [0.717, 1.165) is 16.5 Å². The second-order valence-corrected chi connectivity index (χ2v) is 8.62. The Hall–Kier alpha value is -2.43. The van der Waals surface area contributed by atoms with Crippen LogP contribution in [0.4, 0.5) is 0 Å². The number of carbonyl (C=O) groups excluding carboxylic acids is 2. The monoisotopic (exact) mass is 431 g/mol. The van der Waals surface area contributed by atoms with Gasteiger partial charge in [-0.2, -0.15) is 0 Å². The Balaban J connectivity index is 1.95. The van der Waals surface area contributed by atoms with Crippen molar-refractivity contribution in [3.05, 3.63) is 66.5 Å². The van der Waals surface area contributed by atoms with E-state index in [9.17, 15) is 9.59 Å². The van der Waals surface area contributed by atoms with Crippen LogP contribution in [0, 0.1) is 11.3 Å². The molecule has 0 saturated heterocycles. The summed E-state index contributed by atoms with van der Waals surface area (Å²) < 4.78 is 11.2. The molecule has 6 heteroatoms. The topological polar surface area (TPSA) is 65.5 Å². The van der Waals surface area contributed by atoms with Crippen molar-refractivity contribution >= 4 is 36.9 Å². The van der Waals surface area contributed by atoms with Gasteiger partial charge in [0, 0.05) is 0 Å². The van der Waals surface area contributed by atoms with Crippen molar-refractivity contribution in [1.82, 2.24) is 4.98 Å². The number of ether oxygens (including phenoxy) is 2. The van der Waals surface area contributed by atoms with Gasteiger partial charge in [-0.15, -0.1) is 0 Å². The maximum absolute atomic E-state index is 12.6. The average molecular weight is 430 g/mol. The molecule has 3 rings (SSSR count). The van der Waals surface area contributed by atoms with E-state index >= 15 is 0 Å². The molecule has 0 N–H and O–H groups in total. The first-order chi connectivity index (χ1) is 13.1. The Bertz CT molecular complexity index is 820. The molecule has 1 unspecified atom stereocenters. The summed E-state index contributed by atoms with van der Waals surface area (Å²) in [4.78, 5) is 29.3. The Morgan fingerprint density at radius 1 is 1.11 bits per heavy atom. The van der Waals surface area contributed by atoms with E-state index in [4.69, 9.17) is 9.47 Å². The molecule has 0 radical (unpaired) electrons. The number of esters is 2. The van der Waals surface area contributed by atoms with E-state index in [1.54, 1.807) is 18.5 Å². The summed E-state index contributed by atoms with van der Waals surface area (Å²) >= 11 is 0.218. The van der Waals surface area contributed by atoms with E-state index < -0.39 is 17.4 Å². The van der Waals surface area contributed by atoms with Crippen LogP contribution in [0.25, 0.3) is 5.57 Å². The standard InChI is InChI=1S/C21H21NO4Se/c1-25-19(23)21(20(24)26-2)11-16(14-27-17-8-4-3-5-9-17)18(12-21)15-7-6-10-22-13-15/h3-10,12-13,16H,11,14H2,1-2H3. The average Bonchev–Trinajstić information content (AvgIpc) is 3.13. The molecule has 0 saturated carbocycles. The van der Waals surface area contributed by atoms with Gasteiger partial charge in [0.1, 0.15) is 0 Å². The van der Waals surface area contributed by atoms with Crippen LogP contribution >= 0.6 is 0 Å². The summed E-state index contributed by atoms with van der Waals surface area (Å²) in [6.07, 6.45) is 5.55. The van der Waals surface area contributed by atoms with Gasteiger partial charge in [0.15, 0.2) is 0 Å². The third kappa shape index (κ3) is 3.97. The molecule has 0 aliphatic heterocycles. The number of carbonyl (C=O) groups is 2. The number of pyridine rings is 1. The number of nitrogens with zero attached hydrogens (tertiary/aromatic N) is 1. The van der Waals surface area contributed by atoms with Crippen LogP contribution in [0.15, 0.2) is 60.9 Å². The molecule has 1 aromatic carbocycles. The Labute approximate surface area is 164 Å². The summed E-state index contributed by atoms with van der Waals surface area (Å²) in [5.41, 5.74) is 0.476. The fourth-order valence-corrected chi connectivity index (χ4v) is 5.57. The van der Waals surface area contributed by atoms with Crippen LogP contribution in [0.1, 0.15) is 12.0 Å².